The zero-order valence-corrected chi connectivity index (χ0v) is 11.2. The van der Waals surface area contributed by atoms with Crippen molar-refractivity contribution in [3.63, 3.8) is 0 Å². The molecule has 1 aliphatic rings. The molecule has 1 heterocycles. The number of carbonyl (C=O) groups is 1. The minimum Gasteiger partial charge on any atom is -0.396 e. The van der Waals surface area contributed by atoms with E-state index in [1.54, 1.807) is 12.4 Å². The fourth-order valence-corrected chi connectivity index (χ4v) is 2.74. The van der Waals surface area contributed by atoms with Gasteiger partial charge >= 0.3 is 0 Å². The average molecular weight is 262 g/mol. The standard InChI is InChI=1S/C15H22N2O2/c18-11-13-6-2-1-3-7-14(13)17-15(19)9-12-5-4-8-16-10-12/h4-5,8,10,13-14,18H,1-3,6-7,9,11H2,(H,17,19)/t13-,14-/m1/s1. The number of nitrogens with one attached hydrogen (secondary N) is 1. The second-order valence-electron chi connectivity index (χ2n) is 5.29. The number of hydrogen-bond acceptors (Lipinski definition) is 3. The van der Waals surface area contributed by atoms with E-state index in [0.29, 0.717) is 6.42 Å². The number of hydrogen-bond donors (Lipinski definition) is 2. The number of pyridine rings is 1. The Morgan fingerprint density at radius 3 is 2.95 bits per heavy atom. The van der Waals surface area contributed by atoms with Crippen molar-refractivity contribution in [2.45, 2.75) is 44.6 Å². The second-order valence-corrected chi connectivity index (χ2v) is 5.29. The van der Waals surface area contributed by atoms with Gasteiger partial charge in [0.25, 0.3) is 0 Å². The minimum absolute atomic E-state index is 0.0262. The monoisotopic (exact) mass is 262 g/mol. The van der Waals surface area contributed by atoms with Crippen molar-refractivity contribution in [1.29, 1.82) is 0 Å². The Balaban J connectivity index is 1.89. The Kier molecular flexibility index (Phi) is 5.33. The lowest BCUT2D eigenvalue weighted by atomic mass is 9.95. The zero-order chi connectivity index (χ0) is 13.5. The highest BCUT2D eigenvalue weighted by Crippen LogP contribution is 2.23. The van der Waals surface area contributed by atoms with Gasteiger partial charge in [0.05, 0.1) is 6.42 Å². The summed E-state index contributed by atoms with van der Waals surface area (Å²) in [4.78, 5) is 16.0. The van der Waals surface area contributed by atoms with Gasteiger partial charge in [0.2, 0.25) is 5.91 Å². The van der Waals surface area contributed by atoms with Crippen LogP contribution in [0.25, 0.3) is 0 Å². The van der Waals surface area contributed by atoms with E-state index < -0.39 is 0 Å². The Labute approximate surface area is 114 Å². The van der Waals surface area contributed by atoms with Gasteiger partial charge in [0.15, 0.2) is 0 Å². The first-order valence-electron chi connectivity index (χ1n) is 7.08. The number of aromatic nitrogens is 1. The van der Waals surface area contributed by atoms with Crippen LogP contribution in [0.2, 0.25) is 0 Å². The number of nitrogens with zero attached hydrogens (tertiary/aromatic N) is 1. The third-order valence-corrected chi connectivity index (χ3v) is 3.83. The molecule has 4 nitrogen and oxygen atoms in total. The van der Waals surface area contributed by atoms with Gasteiger partial charge < -0.3 is 10.4 Å². The third-order valence-electron chi connectivity index (χ3n) is 3.83. The van der Waals surface area contributed by atoms with E-state index in [1.807, 2.05) is 12.1 Å². The van der Waals surface area contributed by atoms with Crippen LogP contribution in [0.15, 0.2) is 24.5 Å². The maximum Gasteiger partial charge on any atom is 0.224 e. The molecule has 0 spiro atoms. The van der Waals surface area contributed by atoms with E-state index in [-0.39, 0.29) is 24.5 Å². The molecule has 19 heavy (non-hydrogen) atoms. The third kappa shape index (κ3) is 4.31. The van der Waals surface area contributed by atoms with E-state index in [9.17, 15) is 9.90 Å². The number of amides is 1. The molecule has 2 atom stereocenters. The molecule has 0 aromatic carbocycles. The van der Waals surface area contributed by atoms with Gasteiger partial charge in [-0.1, -0.05) is 25.3 Å². The van der Waals surface area contributed by atoms with Crippen LogP contribution in [0.5, 0.6) is 0 Å². The summed E-state index contributed by atoms with van der Waals surface area (Å²) in [6.07, 6.45) is 9.26. The van der Waals surface area contributed by atoms with Crippen LogP contribution in [0.4, 0.5) is 0 Å². The Bertz CT molecular complexity index is 394. The van der Waals surface area contributed by atoms with Crippen molar-refractivity contribution in [2.24, 2.45) is 5.92 Å². The predicted molar refractivity (Wildman–Crippen MR) is 73.5 cm³/mol. The van der Waals surface area contributed by atoms with Gasteiger partial charge in [-0.05, 0) is 24.5 Å². The van der Waals surface area contributed by atoms with Crippen molar-refractivity contribution >= 4 is 5.91 Å². The molecule has 1 aromatic rings. The highest BCUT2D eigenvalue weighted by atomic mass is 16.3. The van der Waals surface area contributed by atoms with Crippen LogP contribution < -0.4 is 5.32 Å². The van der Waals surface area contributed by atoms with Gasteiger partial charge in [0, 0.05) is 31.0 Å². The van der Waals surface area contributed by atoms with Crippen molar-refractivity contribution in [1.82, 2.24) is 10.3 Å². The van der Waals surface area contributed by atoms with E-state index in [2.05, 4.69) is 10.3 Å². The molecule has 4 heteroatoms. The van der Waals surface area contributed by atoms with Crippen molar-refractivity contribution in [3.8, 4) is 0 Å². The fraction of sp³-hybridized carbons (Fsp3) is 0.600. The molecule has 1 amide bonds. The average Bonchev–Trinajstić information content (AvgIpc) is 2.64. The van der Waals surface area contributed by atoms with Crippen LogP contribution in [0.3, 0.4) is 0 Å². The number of aliphatic hydroxyl groups is 1. The first kappa shape index (κ1) is 14.0. The summed E-state index contributed by atoms with van der Waals surface area (Å²) in [5.74, 6) is 0.235. The maximum absolute atomic E-state index is 12.0. The van der Waals surface area contributed by atoms with Gasteiger partial charge in [0.1, 0.15) is 0 Å². The predicted octanol–water partition coefficient (Wildman–Crippen LogP) is 1.68. The van der Waals surface area contributed by atoms with Crippen LogP contribution in [0.1, 0.15) is 37.7 Å². The molecular weight excluding hydrogens is 240 g/mol. The Hall–Kier alpha value is -1.42. The number of aliphatic hydroxyl groups excluding tert-OH is 1. The van der Waals surface area contributed by atoms with Gasteiger partial charge in [-0.3, -0.25) is 9.78 Å². The van der Waals surface area contributed by atoms with E-state index in [0.717, 1.165) is 31.2 Å². The lowest BCUT2D eigenvalue weighted by Gasteiger charge is -2.24. The molecule has 0 unspecified atom stereocenters. The van der Waals surface area contributed by atoms with E-state index >= 15 is 0 Å². The summed E-state index contributed by atoms with van der Waals surface area (Å²) in [6, 6.07) is 3.87. The minimum atomic E-state index is 0.0262. The molecule has 2 N–H and O–H groups in total. The number of carbonyl (C=O) groups excluding carboxylic acids is 1. The summed E-state index contributed by atoms with van der Waals surface area (Å²) in [6.45, 7) is 0.165. The summed E-state index contributed by atoms with van der Waals surface area (Å²) in [5, 5.41) is 12.5. The molecular formula is C15H22N2O2. The van der Waals surface area contributed by atoms with Crippen molar-refractivity contribution in [3.05, 3.63) is 30.1 Å². The van der Waals surface area contributed by atoms with Crippen LogP contribution in [-0.4, -0.2) is 28.6 Å². The maximum atomic E-state index is 12.0. The lowest BCUT2D eigenvalue weighted by Crippen LogP contribution is -2.41. The van der Waals surface area contributed by atoms with E-state index in [1.165, 1.54) is 6.42 Å². The highest BCUT2D eigenvalue weighted by molar-refractivity contribution is 5.78. The molecule has 0 saturated heterocycles. The summed E-state index contributed by atoms with van der Waals surface area (Å²) < 4.78 is 0. The summed E-state index contributed by atoms with van der Waals surface area (Å²) in [5.41, 5.74) is 0.925. The molecule has 104 valence electrons. The van der Waals surface area contributed by atoms with Crippen molar-refractivity contribution in [2.75, 3.05) is 6.61 Å². The normalized spacial score (nSPS) is 23.6. The zero-order valence-electron chi connectivity index (χ0n) is 11.2. The molecule has 0 bridgehead atoms. The van der Waals surface area contributed by atoms with Crippen molar-refractivity contribution < 1.29 is 9.90 Å². The smallest absolute Gasteiger partial charge is 0.224 e. The van der Waals surface area contributed by atoms with Crippen LogP contribution in [0, 0.1) is 5.92 Å². The molecule has 0 aliphatic heterocycles. The first-order chi connectivity index (χ1) is 9.29. The van der Waals surface area contributed by atoms with Crippen LogP contribution in [-0.2, 0) is 11.2 Å². The van der Waals surface area contributed by atoms with E-state index in [4.69, 9.17) is 0 Å². The molecule has 1 fully saturated rings. The summed E-state index contributed by atoms with van der Waals surface area (Å²) >= 11 is 0. The first-order valence-corrected chi connectivity index (χ1v) is 7.08. The lowest BCUT2D eigenvalue weighted by molar-refractivity contribution is -0.121. The molecule has 2 rings (SSSR count). The highest BCUT2D eigenvalue weighted by Gasteiger charge is 2.24. The SMILES string of the molecule is O=C(Cc1cccnc1)N[C@@H]1CCCCC[C@@H]1CO. The summed E-state index contributed by atoms with van der Waals surface area (Å²) in [7, 11) is 0. The molecule has 1 aromatic heterocycles. The number of rotatable bonds is 4. The van der Waals surface area contributed by atoms with Gasteiger partial charge in [-0.25, -0.2) is 0 Å². The van der Waals surface area contributed by atoms with Gasteiger partial charge in [-0.15, -0.1) is 0 Å². The molecule has 1 aliphatic carbocycles. The van der Waals surface area contributed by atoms with Crippen LogP contribution >= 0.6 is 0 Å². The Morgan fingerprint density at radius 2 is 2.21 bits per heavy atom. The Morgan fingerprint density at radius 1 is 1.37 bits per heavy atom. The largest absolute Gasteiger partial charge is 0.396 e. The molecule has 0 radical (unpaired) electrons. The quantitative estimate of drug-likeness (QED) is 0.812. The fourth-order valence-electron chi connectivity index (χ4n) is 2.74. The topological polar surface area (TPSA) is 62.2 Å². The second kappa shape index (κ2) is 7.24. The molecule has 1 saturated carbocycles. The van der Waals surface area contributed by atoms with Gasteiger partial charge in [-0.2, -0.15) is 0 Å².